The second kappa shape index (κ2) is 4.41. The highest BCUT2D eigenvalue weighted by molar-refractivity contribution is 5.34. The van der Waals surface area contributed by atoms with Gasteiger partial charge in [-0.3, -0.25) is 10.1 Å². The van der Waals surface area contributed by atoms with Gasteiger partial charge < -0.3 is 4.74 Å². The van der Waals surface area contributed by atoms with Gasteiger partial charge in [-0.15, -0.1) is 0 Å². The maximum absolute atomic E-state index is 13.8. The third kappa shape index (κ3) is 2.79. The third-order valence-electron chi connectivity index (χ3n) is 3.03. The molecular weight excluding hydrogens is 225 g/mol. The fourth-order valence-electron chi connectivity index (χ4n) is 1.99. The van der Waals surface area contributed by atoms with Crippen LogP contribution in [0, 0.1) is 10.1 Å². The summed E-state index contributed by atoms with van der Waals surface area (Å²) in [7, 11) is 0. The summed E-state index contributed by atoms with van der Waals surface area (Å²) >= 11 is 0. The van der Waals surface area contributed by atoms with E-state index < -0.39 is 10.6 Å². The Kier molecular flexibility index (Phi) is 3.11. The average Bonchev–Trinajstić information content (AvgIpc) is 2.28. The average molecular weight is 239 g/mol. The van der Waals surface area contributed by atoms with E-state index in [-0.39, 0.29) is 11.8 Å². The first-order valence-corrected chi connectivity index (χ1v) is 5.53. The lowest BCUT2D eigenvalue weighted by Gasteiger charge is -2.32. The molecule has 0 aliphatic carbocycles. The van der Waals surface area contributed by atoms with Gasteiger partial charge in [-0.05, 0) is 24.6 Å². The number of halogens is 1. The largest absolute Gasteiger partial charge is 0.373 e. The molecule has 4 nitrogen and oxygen atoms in total. The van der Waals surface area contributed by atoms with Gasteiger partial charge >= 0.3 is 0 Å². The lowest BCUT2D eigenvalue weighted by Crippen LogP contribution is -2.30. The zero-order valence-corrected chi connectivity index (χ0v) is 9.56. The number of nitro benzene ring substituents is 1. The van der Waals surface area contributed by atoms with Crippen molar-refractivity contribution in [2.75, 3.05) is 6.61 Å². The maximum atomic E-state index is 13.8. The third-order valence-corrected chi connectivity index (χ3v) is 3.03. The minimum Gasteiger partial charge on any atom is -0.373 e. The van der Waals surface area contributed by atoms with Crippen molar-refractivity contribution in [1.29, 1.82) is 0 Å². The van der Waals surface area contributed by atoms with Crippen LogP contribution in [0.25, 0.3) is 0 Å². The summed E-state index contributed by atoms with van der Waals surface area (Å²) in [6.45, 7) is 1.95. The maximum Gasteiger partial charge on any atom is 0.269 e. The van der Waals surface area contributed by atoms with E-state index >= 15 is 0 Å². The van der Waals surface area contributed by atoms with Crippen molar-refractivity contribution in [3.63, 3.8) is 0 Å². The van der Waals surface area contributed by atoms with Crippen LogP contribution in [-0.4, -0.2) is 17.2 Å². The van der Waals surface area contributed by atoms with Crippen LogP contribution in [0.15, 0.2) is 24.3 Å². The Hall–Kier alpha value is -1.49. The Morgan fingerprint density at radius 3 is 2.65 bits per heavy atom. The van der Waals surface area contributed by atoms with E-state index in [9.17, 15) is 14.5 Å². The number of alkyl halides is 1. The Bertz CT molecular complexity index is 416. The van der Waals surface area contributed by atoms with Gasteiger partial charge in [0.15, 0.2) is 0 Å². The Morgan fingerprint density at radius 1 is 1.47 bits per heavy atom. The molecule has 0 bridgehead atoms. The van der Waals surface area contributed by atoms with E-state index in [0.717, 1.165) is 5.56 Å². The summed E-state index contributed by atoms with van der Waals surface area (Å²) in [4.78, 5) is 10.1. The molecule has 0 N–H and O–H groups in total. The van der Waals surface area contributed by atoms with E-state index in [1.165, 1.54) is 12.1 Å². The Balaban J connectivity index is 2.14. The first kappa shape index (κ1) is 12.0. The summed E-state index contributed by atoms with van der Waals surface area (Å²) in [5.74, 6) is 0. The zero-order valence-electron chi connectivity index (χ0n) is 9.56. The van der Waals surface area contributed by atoms with Crippen LogP contribution >= 0.6 is 0 Å². The van der Waals surface area contributed by atoms with Gasteiger partial charge in [0.2, 0.25) is 0 Å². The summed E-state index contributed by atoms with van der Waals surface area (Å²) in [5.41, 5.74) is -0.392. The van der Waals surface area contributed by atoms with Gasteiger partial charge in [0.25, 0.3) is 5.69 Å². The second-order valence-corrected chi connectivity index (χ2v) is 4.58. The summed E-state index contributed by atoms with van der Waals surface area (Å²) < 4.78 is 19.3. The van der Waals surface area contributed by atoms with Gasteiger partial charge in [0.05, 0.1) is 17.6 Å². The molecule has 1 aromatic rings. The SMILES string of the molecule is CC1(F)CCOC(c2ccc([N+](=O)[O-])cc2)C1. The molecule has 0 spiro atoms. The molecule has 1 saturated heterocycles. The minimum atomic E-state index is -1.22. The molecule has 1 aliphatic heterocycles. The van der Waals surface area contributed by atoms with Crippen molar-refractivity contribution in [3.05, 3.63) is 39.9 Å². The number of nitrogens with zero attached hydrogens (tertiary/aromatic N) is 1. The van der Waals surface area contributed by atoms with Crippen LogP contribution in [0.3, 0.4) is 0 Å². The van der Waals surface area contributed by atoms with Gasteiger partial charge in [0.1, 0.15) is 5.67 Å². The van der Waals surface area contributed by atoms with Crippen LogP contribution in [-0.2, 0) is 4.74 Å². The molecule has 92 valence electrons. The molecule has 2 atom stereocenters. The predicted molar refractivity (Wildman–Crippen MR) is 60.5 cm³/mol. The summed E-state index contributed by atoms with van der Waals surface area (Å²) in [6, 6.07) is 6.10. The molecule has 1 aliphatic rings. The van der Waals surface area contributed by atoms with Crippen LogP contribution in [0.5, 0.6) is 0 Å². The normalized spacial score (nSPS) is 28.9. The van der Waals surface area contributed by atoms with E-state index in [2.05, 4.69) is 0 Å². The molecule has 1 heterocycles. The van der Waals surface area contributed by atoms with Crippen molar-refractivity contribution in [1.82, 2.24) is 0 Å². The van der Waals surface area contributed by atoms with E-state index in [0.29, 0.717) is 19.4 Å². The predicted octanol–water partition coefficient (Wildman–Crippen LogP) is 3.17. The van der Waals surface area contributed by atoms with Crippen LogP contribution in [0.2, 0.25) is 0 Å². The van der Waals surface area contributed by atoms with Gasteiger partial charge in [-0.2, -0.15) is 0 Å². The molecule has 17 heavy (non-hydrogen) atoms. The zero-order chi connectivity index (χ0) is 12.5. The number of non-ortho nitro benzene ring substituents is 1. The minimum absolute atomic E-state index is 0.0348. The summed E-state index contributed by atoms with van der Waals surface area (Å²) in [6.07, 6.45) is 0.390. The first-order valence-electron chi connectivity index (χ1n) is 5.53. The first-order chi connectivity index (χ1) is 7.98. The van der Waals surface area contributed by atoms with E-state index in [1.807, 2.05) is 0 Å². The second-order valence-electron chi connectivity index (χ2n) is 4.58. The lowest BCUT2D eigenvalue weighted by atomic mass is 9.91. The number of benzene rings is 1. The lowest BCUT2D eigenvalue weighted by molar-refractivity contribution is -0.384. The van der Waals surface area contributed by atoms with Crippen molar-refractivity contribution < 1.29 is 14.1 Å². The number of hydrogen-bond acceptors (Lipinski definition) is 3. The van der Waals surface area contributed by atoms with Crippen LogP contribution in [0.4, 0.5) is 10.1 Å². The molecule has 1 aromatic carbocycles. The molecule has 5 heteroatoms. The highest BCUT2D eigenvalue weighted by Crippen LogP contribution is 2.36. The van der Waals surface area contributed by atoms with E-state index in [1.54, 1.807) is 19.1 Å². The topological polar surface area (TPSA) is 52.4 Å². The van der Waals surface area contributed by atoms with Crippen molar-refractivity contribution in [3.8, 4) is 0 Å². The van der Waals surface area contributed by atoms with Crippen LogP contribution < -0.4 is 0 Å². The van der Waals surface area contributed by atoms with Gasteiger partial charge in [0, 0.05) is 25.0 Å². The standard InChI is InChI=1S/C12H14FNO3/c1-12(13)6-7-17-11(8-12)9-2-4-10(5-3-9)14(15)16/h2-5,11H,6-8H2,1H3. The fourth-order valence-corrected chi connectivity index (χ4v) is 1.99. The van der Waals surface area contributed by atoms with Crippen LogP contribution in [0.1, 0.15) is 31.4 Å². The molecule has 2 rings (SSSR count). The quantitative estimate of drug-likeness (QED) is 0.588. The number of nitro groups is 1. The fraction of sp³-hybridized carbons (Fsp3) is 0.500. The van der Waals surface area contributed by atoms with Crippen molar-refractivity contribution >= 4 is 5.69 Å². The van der Waals surface area contributed by atoms with Gasteiger partial charge in [-0.25, -0.2) is 4.39 Å². The monoisotopic (exact) mass is 239 g/mol. The molecule has 1 fully saturated rings. The van der Waals surface area contributed by atoms with Crippen molar-refractivity contribution in [2.45, 2.75) is 31.5 Å². The number of hydrogen-bond donors (Lipinski definition) is 0. The number of rotatable bonds is 2. The molecule has 0 saturated carbocycles. The number of ether oxygens (including phenoxy) is 1. The highest BCUT2D eigenvalue weighted by atomic mass is 19.1. The smallest absolute Gasteiger partial charge is 0.269 e. The molecular formula is C12H14FNO3. The molecule has 0 radical (unpaired) electrons. The van der Waals surface area contributed by atoms with Gasteiger partial charge in [-0.1, -0.05) is 0 Å². The molecule has 0 amide bonds. The Morgan fingerprint density at radius 2 is 2.12 bits per heavy atom. The molecule has 2 unspecified atom stereocenters. The van der Waals surface area contributed by atoms with E-state index in [4.69, 9.17) is 4.74 Å². The van der Waals surface area contributed by atoms with Crippen molar-refractivity contribution in [2.24, 2.45) is 0 Å². The summed E-state index contributed by atoms with van der Waals surface area (Å²) in [5, 5.41) is 10.5. The molecule has 0 aromatic heterocycles. The highest BCUT2D eigenvalue weighted by Gasteiger charge is 2.33. The Labute approximate surface area is 98.5 Å².